The molecule has 254 valence electrons. The number of hydrogen-bond acceptors (Lipinski definition) is 7. The highest BCUT2D eigenvalue weighted by Gasteiger charge is 2.48. The van der Waals surface area contributed by atoms with E-state index in [0.29, 0.717) is 24.3 Å². The normalized spacial score (nSPS) is 24.0. The van der Waals surface area contributed by atoms with Gasteiger partial charge in [-0.05, 0) is 87.8 Å². The molecule has 0 bridgehead atoms. The van der Waals surface area contributed by atoms with E-state index in [-0.39, 0.29) is 35.5 Å². The number of unbranched alkanes of at least 4 members (excludes halogenated alkanes) is 2. The van der Waals surface area contributed by atoms with Crippen LogP contribution >= 0.6 is 23.5 Å². The maximum atomic E-state index is 13.6. The number of rotatable bonds is 14. The molecule has 6 rings (SSSR count). The number of imide groups is 2. The lowest BCUT2D eigenvalue weighted by Crippen LogP contribution is -2.54. The fourth-order valence-corrected chi connectivity index (χ4v) is 11.3. The minimum Gasteiger partial charge on any atom is -0.274 e. The molecule has 2 fully saturated rings. The van der Waals surface area contributed by atoms with Crippen LogP contribution in [-0.4, -0.2) is 60.6 Å². The van der Waals surface area contributed by atoms with Crippen LogP contribution in [-0.2, 0) is 41.1 Å². The SMILES string of the molecule is CC(CCCCS(=O)CCCCC(C)(c1ccccc1)N1C(=O)C=C2SCCC2C1=O)(c1ccccc1)N1C(=O)C=C2SCCC2C1=O. The van der Waals surface area contributed by atoms with E-state index < -0.39 is 21.9 Å². The van der Waals surface area contributed by atoms with E-state index in [2.05, 4.69) is 0 Å². The molecule has 4 unspecified atom stereocenters. The first kappa shape index (κ1) is 34.9. The van der Waals surface area contributed by atoms with Crippen LogP contribution in [0.25, 0.3) is 0 Å². The number of benzene rings is 2. The molecule has 4 atom stereocenters. The number of thioether (sulfide) groups is 2. The number of hydrogen-bond donors (Lipinski definition) is 0. The maximum absolute atomic E-state index is 13.6. The highest BCUT2D eigenvalue weighted by atomic mass is 32.2. The van der Waals surface area contributed by atoms with Gasteiger partial charge in [-0.25, -0.2) is 0 Å². The number of fused-ring (bicyclic) bond motifs is 2. The van der Waals surface area contributed by atoms with Gasteiger partial charge in [-0.15, -0.1) is 23.5 Å². The number of carbonyl (C=O) groups excluding carboxylic acids is 4. The third-order valence-electron chi connectivity index (χ3n) is 10.4. The molecule has 0 N–H and O–H groups in total. The fraction of sp³-hybridized carbons (Fsp3) is 0.474. The summed E-state index contributed by atoms with van der Waals surface area (Å²) < 4.78 is 13.1. The smallest absolute Gasteiger partial charge is 0.254 e. The molecule has 4 aliphatic heterocycles. The van der Waals surface area contributed by atoms with Crippen molar-refractivity contribution in [3.05, 3.63) is 93.8 Å². The Morgan fingerprint density at radius 2 is 1.04 bits per heavy atom. The van der Waals surface area contributed by atoms with Gasteiger partial charge in [0.1, 0.15) is 0 Å². The van der Waals surface area contributed by atoms with Crippen LogP contribution in [0.3, 0.4) is 0 Å². The molecule has 0 aliphatic carbocycles. The molecule has 0 aromatic heterocycles. The summed E-state index contributed by atoms with van der Waals surface area (Å²) >= 11 is 3.22. The van der Waals surface area contributed by atoms with Gasteiger partial charge in [-0.1, -0.05) is 60.7 Å². The summed E-state index contributed by atoms with van der Waals surface area (Å²) in [6.45, 7) is 3.97. The summed E-state index contributed by atoms with van der Waals surface area (Å²) in [6, 6.07) is 19.6. The van der Waals surface area contributed by atoms with Gasteiger partial charge in [-0.3, -0.25) is 33.2 Å². The lowest BCUT2D eigenvalue weighted by molar-refractivity contribution is -0.154. The van der Waals surface area contributed by atoms with Crippen molar-refractivity contribution in [2.24, 2.45) is 11.8 Å². The third kappa shape index (κ3) is 6.90. The van der Waals surface area contributed by atoms with Crippen molar-refractivity contribution in [2.75, 3.05) is 23.0 Å². The van der Waals surface area contributed by atoms with Gasteiger partial charge in [0, 0.05) is 44.3 Å². The highest BCUT2D eigenvalue weighted by Crippen LogP contribution is 2.46. The van der Waals surface area contributed by atoms with E-state index in [4.69, 9.17) is 0 Å². The van der Waals surface area contributed by atoms with Crippen LogP contribution in [0.5, 0.6) is 0 Å². The van der Waals surface area contributed by atoms with E-state index in [9.17, 15) is 23.4 Å². The summed E-state index contributed by atoms with van der Waals surface area (Å²) in [7, 11) is -1.03. The van der Waals surface area contributed by atoms with Crippen molar-refractivity contribution in [3.63, 3.8) is 0 Å². The van der Waals surface area contributed by atoms with Crippen molar-refractivity contribution >= 4 is 58.0 Å². The molecule has 0 spiro atoms. The fourth-order valence-electron chi connectivity index (χ4n) is 7.66. The second kappa shape index (κ2) is 14.9. The second-order valence-electron chi connectivity index (χ2n) is 13.5. The summed E-state index contributed by atoms with van der Waals surface area (Å²) in [6.07, 6.45) is 8.91. The zero-order chi connectivity index (χ0) is 33.9. The summed E-state index contributed by atoms with van der Waals surface area (Å²) in [5.41, 5.74) is 0.288. The first-order valence-corrected chi connectivity index (χ1v) is 20.5. The Morgan fingerprint density at radius 1 is 0.646 bits per heavy atom. The van der Waals surface area contributed by atoms with Crippen molar-refractivity contribution < 1.29 is 23.4 Å². The van der Waals surface area contributed by atoms with E-state index in [0.717, 1.165) is 71.0 Å². The molecule has 48 heavy (non-hydrogen) atoms. The Morgan fingerprint density at radius 3 is 1.44 bits per heavy atom. The number of nitrogens with zero attached hydrogens (tertiary/aromatic N) is 2. The molecule has 0 saturated carbocycles. The minimum atomic E-state index is -1.03. The quantitative estimate of drug-likeness (QED) is 0.156. The molecule has 2 saturated heterocycles. The van der Waals surface area contributed by atoms with Gasteiger partial charge in [0.15, 0.2) is 0 Å². The molecule has 7 nitrogen and oxygen atoms in total. The van der Waals surface area contributed by atoms with E-state index in [1.807, 2.05) is 74.5 Å². The Labute approximate surface area is 294 Å². The topological polar surface area (TPSA) is 91.8 Å². The van der Waals surface area contributed by atoms with Crippen LogP contribution in [0.2, 0.25) is 0 Å². The molecular weight excluding hydrogens is 661 g/mol. The average Bonchev–Trinajstić information content (AvgIpc) is 3.76. The van der Waals surface area contributed by atoms with Crippen molar-refractivity contribution in [3.8, 4) is 0 Å². The van der Waals surface area contributed by atoms with Gasteiger partial charge in [-0.2, -0.15) is 0 Å². The molecule has 2 aromatic carbocycles. The van der Waals surface area contributed by atoms with Crippen LogP contribution in [0.15, 0.2) is 82.6 Å². The van der Waals surface area contributed by atoms with Gasteiger partial charge in [0.2, 0.25) is 11.8 Å². The Bertz CT molecular complexity index is 1520. The molecule has 2 aromatic rings. The zero-order valence-electron chi connectivity index (χ0n) is 27.7. The highest BCUT2D eigenvalue weighted by molar-refractivity contribution is 8.03. The Balaban J connectivity index is 1.04. The van der Waals surface area contributed by atoms with Gasteiger partial charge < -0.3 is 0 Å². The first-order chi connectivity index (χ1) is 23.1. The number of carbonyl (C=O) groups is 4. The monoisotopic (exact) mass is 704 g/mol. The lowest BCUT2D eigenvalue weighted by atomic mass is 9.82. The Kier molecular flexibility index (Phi) is 10.8. The van der Waals surface area contributed by atoms with Crippen LogP contribution < -0.4 is 0 Å². The predicted molar refractivity (Wildman–Crippen MR) is 194 cm³/mol. The molecule has 4 heterocycles. The van der Waals surface area contributed by atoms with E-state index >= 15 is 0 Å². The molecule has 4 aliphatic rings. The molecule has 0 radical (unpaired) electrons. The van der Waals surface area contributed by atoms with Crippen molar-refractivity contribution in [1.82, 2.24) is 9.80 Å². The molecule has 4 amide bonds. The van der Waals surface area contributed by atoms with Crippen LogP contribution in [0.4, 0.5) is 0 Å². The van der Waals surface area contributed by atoms with Gasteiger partial charge in [0.05, 0.1) is 22.9 Å². The van der Waals surface area contributed by atoms with Crippen molar-refractivity contribution in [2.45, 2.75) is 76.3 Å². The molecular formula is C38H44N2O5S3. The van der Waals surface area contributed by atoms with Crippen LogP contribution in [0, 0.1) is 11.8 Å². The van der Waals surface area contributed by atoms with E-state index in [1.165, 1.54) is 9.80 Å². The Hall–Kier alpha value is -2.95. The van der Waals surface area contributed by atoms with Gasteiger partial charge in [0.25, 0.3) is 11.8 Å². The number of amides is 4. The first-order valence-electron chi connectivity index (χ1n) is 17.0. The lowest BCUT2D eigenvalue weighted by Gasteiger charge is -2.43. The second-order valence-corrected chi connectivity index (χ2v) is 17.6. The van der Waals surface area contributed by atoms with Crippen molar-refractivity contribution in [1.29, 1.82) is 0 Å². The van der Waals surface area contributed by atoms with Gasteiger partial charge >= 0.3 is 0 Å². The van der Waals surface area contributed by atoms with Crippen LogP contribution in [0.1, 0.15) is 76.3 Å². The summed E-state index contributed by atoms with van der Waals surface area (Å²) in [5.74, 6) is 1.64. The molecule has 10 heteroatoms. The largest absolute Gasteiger partial charge is 0.274 e. The zero-order valence-corrected chi connectivity index (χ0v) is 30.2. The standard InChI is InChI=1S/C38H44N2O5S3/c1-37(27-13-5-3-6-14-27,39-33(41)25-31-29(35(39)43)17-21-46-31)19-9-11-23-48(45)24-12-10-20-38(2,28-15-7-4-8-16-28)40-34(42)26-32-30(36(40)44)18-22-47-32/h3-8,13-16,25-26,29-30H,9-12,17-24H2,1-2H3. The average molecular weight is 705 g/mol. The minimum absolute atomic E-state index is 0.105. The summed E-state index contributed by atoms with van der Waals surface area (Å²) in [4.78, 5) is 58.7. The third-order valence-corrected chi connectivity index (χ3v) is 14.2. The summed E-state index contributed by atoms with van der Waals surface area (Å²) in [5, 5.41) is 0. The predicted octanol–water partition coefficient (Wildman–Crippen LogP) is 6.92. The van der Waals surface area contributed by atoms with E-state index in [1.54, 1.807) is 35.7 Å². The maximum Gasteiger partial charge on any atom is 0.254 e.